The molecule has 0 bridgehead atoms. The van der Waals surface area contributed by atoms with Gasteiger partial charge >= 0.3 is 0 Å². The Hall–Kier alpha value is -1.38. The van der Waals surface area contributed by atoms with Crippen LogP contribution in [0.3, 0.4) is 0 Å². The molecule has 1 rings (SSSR count). The van der Waals surface area contributed by atoms with E-state index in [-0.39, 0.29) is 6.10 Å². The van der Waals surface area contributed by atoms with Gasteiger partial charge in [0.05, 0.1) is 19.3 Å². The molecular formula is C13H20O3. The summed E-state index contributed by atoms with van der Waals surface area (Å²) in [5.74, 6) is 2.17. The van der Waals surface area contributed by atoms with Gasteiger partial charge in [0.1, 0.15) is 0 Å². The first kappa shape index (κ1) is 12.7. The van der Waals surface area contributed by atoms with Gasteiger partial charge in [0.2, 0.25) is 5.75 Å². The smallest absolute Gasteiger partial charge is 0.203 e. The predicted octanol–water partition coefficient (Wildman–Crippen LogP) is 3.27. The van der Waals surface area contributed by atoms with Crippen LogP contribution in [0.4, 0.5) is 0 Å². The summed E-state index contributed by atoms with van der Waals surface area (Å²) >= 11 is 0. The molecule has 0 amide bonds. The minimum atomic E-state index is 0.121. The van der Waals surface area contributed by atoms with Crippen molar-refractivity contribution < 1.29 is 14.2 Å². The maximum Gasteiger partial charge on any atom is 0.203 e. The fourth-order valence-electron chi connectivity index (χ4n) is 1.40. The van der Waals surface area contributed by atoms with Crippen LogP contribution in [-0.2, 0) is 0 Å². The summed E-state index contributed by atoms with van der Waals surface area (Å²) in [6, 6.07) is 5.69. The number of para-hydroxylation sites is 1. The van der Waals surface area contributed by atoms with Crippen molar-refractivity contribution in [1.82, 2.24) is 0 Å². The topological polar surface area (TPSA) is 27.7 Å². The normalized spacial score (nSPS) is 10.3. The molecule has 1 aromatic rings. The Morgan fingerprint density at radius 3 is 2.19 bits per heavy atom. The third-order valence-corrected chi connectivity index (χ3v) is 1.89. The zero-order chi connectivity index (χ0) is 12.0. The van der Waals surface area contributed by atoms with Crippen molar-refractivity contribution in [1.29, 1.82) is 0 Å². The van der Waals surface area contributed by atoms with E-state index >= 15 is 0 Å². The molecule has 90 valence electrons. The molecule has 0 saturated heterocycles. The molecule has 0 N–H and O–H groups in total. The first-order valence-corrected chi connectivity index (χ1v) is 5.74. The van der Waals surface area contributed by atoms with Gasteiger partial charge in [0, 0.05) is 0 Å². The summed E-state index contributed by atoms with van der Waals surface area (Å²) in [5, 5.41) is 0. The van der Waals surface area contributed by atoms with Crippen LogP contribution >= 0.6 is 0 Å². The SMILES string of the molecule is CCOc1cccc(OC(C)C)c1OCC. The number of hydrogen-bond acceptors (Lipinski definition) is 3. The maximum absolute atomic E-state index is 5.68. The Kier molecular flexibility index (Phi) is 4.96. The quantitative estimate of drug-likeness (QED) is 0.742. The van der Waals surface area contributed by atoms with Gasteiger partial charge in [-0.05, 0) is 39.8 Å². The van der Waals surface area contributed by atoms with Gasteiger partial charge < -0.3 is 14.2 Å². The summed E-state index contributed by atoms with van der Waals surface area (Å²) in [7, 11) is 0. The molecule has 0 fully saturated rings. The first-order chi connectivity index (χ1) is 7.69. The molecule has 3 nitrogen and oxygen atoms in total. The Morgan fingerprint density at radius 1 is 1.00 bits per heavy atom. The second kappa shape index (κ2) is 6.26. The van der Waals surface area contributed by atoms with E-state index in [1.165, 1.54) is 0 Å². The summed E-state index contributed by atoms with van der Waals surface area (Å²) in [6.07, 6.45) is 0.121. The minimum Gasteiger partial charge on any atom is -0.490 e. The average Bonchev–Trinajstić information content (AvgIpc) is 2.22. The molecule has 0 radical (unpaired) electrons. The Labute approximate surface area is 97.3 Å². The third kappa shape index (κ3) is 3.33. The van der Waals surface area contributed by atoms with Crippen LogP contribution in [0.25, 0.3) is 0 Å². The van der Waals surface area contributed by atoms with Crippen LogP contribution in [0.2, 0.25) is 0 Å². The van der Waals surface area contributed by atoms with Gasteiger partial charge in [-0.25, -0.2) is 0 Å². The molecule has 0 atom stereocenters. The van der Waals surface area contributed by atoms with E-state index in [0.717, 1.165) is 11.5 Å². The van der Waals surface area contributed by atoms with Crippen molar-refractivity contribution in [3.8, 4) is 17.2 Å². The van der Waals surface area contributed by atoms with E-state index in [1.54, 1.807) is 0 Å². The lowest BCUT2D eigenvalue weighted by atomic mass is 10.3. The highest BCUT2D eigenvalue weighted by molar-refractivity contribution is 5.51. The lowest BCUT2D eigenvalue weighted by Gasteiger charge is -2.17. The van der Waals surface area contributed by atoms with E-state index in [0.29, 0.717) is 19.0 Å². The largest absolute Gasteiger partial charge is 0.490 e. The summed E-state index contributed by atoms with van der Waals surface area (Å²) in [6.45, 7) is 9.09. The molecule has 0 unspecified atom stereocenters. The number of hydrogen-bond donors (Lipinski definition) is 0. The van der Waals surface area contributed by atoms with Crippen LogP contribution in [0.15, 0.2) is 18.2 Å². The Morgan fingerprint density at radius 2 is 1.62 bits per heavy atom. The fraction of sp³-hybridized carbons (Fsp3) is 0.538. The van der Waals surface area contributed by atoms with Gasteiger partial charge in [-0.1, -0.05) is 6.07 Å². The highest BCUT2D eigenvalue weighted by Gasteiger charge is 2.12. The van der Waals surface area contributed by atoms with Crippen molar-refractivity contribution in [3.63, 3.8) is 0 Å². The summed E-state index contributed by atoms with van der Waals surface area (Å²) < 4.78 is 16.8. The van der Waals surface area contributed by atoms with E-state index < -0.39 is 0 Å². The van der Waals surface area contributed by atoms with E-state index in [4.69, 9.17) is 14.2 Å². The van der Waals surface area contributed by atoms with Crippen LogP contribution in [0.1, 0.15) is 27.7 Å². The van der Waals surface area contributed by atoms with Gasteiger partial charge in [-0.2, -0.15) is 0 Å². The molecule has 0 aromatic heterocycles. The van der Waals surface area contributed by atoms with E-state index in [2.05, 4.69) is 0 Å². The standard InChI is InChI=1S/C13H20O3/c1-5-14-11-8-7-9-12(16-10(3)4)13(11)15-6-2/h7-10H,5-6H2,1-4H3. The maximum atomic E-state index is 5.68. The molecule has 0 aliphatic carbocycles. The third-order valence-electron chi connectivity index (χ3n) is 1.89. The van der Waals surface area contributed by atoms with Crippen molar-refractivity contribution in [2.75, 3.05) is 13.2 Å². The zero-order valence-electron chi connectivity index (χ0n) is 10.4. The molecule has 0 aliphatic heterocycles. The Bertz CT molecular complexity index is 321. The lowest BCUT2D eigenvalue weighted by Crippen LogP contribution is -2.08. The summed E-state index contributed by atoms with van der Waals surface area (Å²) in [5.41, 5.74) is 0. The van der Waals surface area contributed by atoms with E-state index in [1.807, 2.05) is 45.9 Å². The van der Waals surface area contributed by atoms with Crippen molar-refractivity contribution in [3.05, 3.63) is 18.2 Å². The predicted molar refractivity (Wildman–Crippen MR) is 64.5 cm³/mol. The lowest BCUT2D eigenvalue weighted by molar-refractivity contribution is 0.216. The Balaban J connectivity index is 3.00. The highest BCUT2D eigenvalue weighted by Crippen LogP contribution is 2.37. The van der Waals surface area contributed by atoms with Crippen molar-refractivity contribution >= 4 is 0 Å². The number of benzene rings is 1. The molecule has 0 saturated carbocycles. The number of rotatable bonds is 6. The molecule has 3 heteroatoms. The average molecular weight is 224 g/mol. The minimum absolute atomic E-state index is 0.121. The fourth-order valence-corrected chi connectivity index (χ4v) is 1.40. The van der Waals surface area contributed by atoms with Crippen molar-refractivity contribution in [2.24, 2.45) is 0 Å². The van der Waals surface area contributed by atoms with Gasteiger partial charge in [-0.3, -0.25) is 0 Å². The molecular weight excluding hydrogens is 204 g/mol. The second-order valence-electron chi connectivity index (χ2n) is 3.62. The molecule has 0 heterocycles. The van der Waals surface area contributed by atoms with Gasteiger partial charge in [-0.15, -0.1) is 0 Å². The molecule has 16 heavy (non-hydrogen) atoms. The highest BCUT2D eigenvalue weighted by atomic mass is 16.5. The summed E-state index contributed by atoms with van der Waals surface area (Å²) in [4.78, 5) is 0. The van der Waals surface area contributed by atoms with Crippen LogP contribution in [0, 0.1) is 0 Å². The van der Waals surface area contributed by atoms with Crippen LogP contribution in [-0.4, -0.2) is 19.3 Å². The first-order valence-electron chi connectivity index (χ1n) is 5.74. The molecule has 0 aliphatic rings. The van der Waals surface area contributed by atoms with Gasteiger partial charge in [0.25, 0.3) is 0 Å². The second-order valence-corrected chi connectivity index (χ2v) is 3.62. The van der Waals surface area contributed by atoms with Gasteiger partial charge in [0.15, 0.2) is 11.5 Å². The van der Waals surface area contributed by atoms with E-state index in [9.17, 15) is 0 Å². The zero-order valence-corrected chi connectivity index (χ0v) is 10.4. The van der Waals surface area contributed by atoms with Crippen molar-refractivity contribution in [2.45, 2.75) is 33.8 Å². The van der Waals surface area contributed by atoms with Crippen LogP contribution in [0.5, 0.6) is 17.2 Å². The molecule has 0 spiro atoms. The number of ether oxygens (including phenoxy) is 3. The monoisotopic (exact) mass is 224 g/mol. The molecule has 1 aromatic carbocycles. The van der Waals surface area contributed by atoms with Crippen LogP contribution < -0.4 is 14.2 Å².